The Bertz CT molecular complexity index is 792. The normalized spacial score (nSPS) is 12.5. The Balaban J connectivity index is 2.45. The van der Waals surface area contributed by atoms with E-state index in [0.29, 0.717) is 33.9 Å². The van der Waals surface area contributed by atoms with Gasteiger partial charge in [0.05, 0.1) is 21.3 Å². The fourth-order valence-electron chi connectivity index (χ4n) is 2.75. The summed E-state index contributed by atoms with van der Waals surface area (Å²) < 4.78 is 16.1. The van der Waals surface area contributed by atoms with Gasteiger partial charge in [-0.2, -0.15) is 0 Å². The summed E-state index contributed by atoms with van der Waals surface area (Å²) in [6, 6.07) is 8.47. The molecule has 112 valence electrons. The third-order valence-electron chi connectivity index (χ3n) is 3.72. The molecule has 5 nitrogen and oxygen atoms in total. The second-order valence-corrected chi connectivity index (χ2v) is 4.77. The third-order valence-corrected chi connectivity index (χ3v) is 3.72. The van der Waals surface area contributed by atoms with Crippen molar-refractivity contribution in [2.24, 2.45) is 0 Å². The number of ether oxygens (including phenoxy) is 3. The molecule has 0 heterocycles. The number of carbonyl (C=O) groups excluding carboxylic acids is 2. The molecule has 0 saturated carbocycles. The van der Waals surface area contributed by atoms with Crippen molar-refractivity contribution < 1.29 is 23.8 Å². The number of benzene rings is 2. The Morgan fingerprint density at radius 3 is 1.91 bits per heavy atom. The molecule has 0 atom stereocenters. The maximum Gasteiger partial charge on any atom is 0.234 e. The standard InChI is InChI=1S/C17H14O5/c1-20-12-8-11-13(17(22-3)16(12)21-2)9-6-4-5-7-10(9)14(18)15(11)19/h4-8H,1-3H3. The molecule has 0 saturated heterocycles. The van der Waals surface area contributed by atoms with Crippen molar-refractivity contribution in [2.75, 3.05) is 21.3 Å². The van der Waals surface area contributed by atoms with Gasteiger partial charge in [0.25, 0.3) is 0 Å². The molecule has 0 fully saturated rings. The van der Waals surface area contributed by atoms with Crippen LogP contribution in [-0.4, -0.2) is 32.9 Å². The molecule has 0 unspecified atom stereocenters. The predicted octanol–water partition coefficient (Wildman–Crippen LogP) is 2.76. The molecule has 0 amide bonds. The zero-order chi connectivity index (χ0) is 15.9. The van der Waals surface area contributed by atoms with Crippen LogP contribution in [0.15, 0.2) is 30.3 Å². The van der Waals surface area contributed by atoms with Crippen LogP contribution < -0.4 is 14.2 Å². The van der Waals surface area contributed by atoms with Gasteiger partial charge in [-0.05, 0) is 11.6 Å². The zero-order valence-electron chi connectivity index (χ0n) is 12.4. The van der Waals surface area contributed by atoms with Crippen molar-refractivity contribution >= 4 is 11.6 Å². The number of carbonyl (C=O) groups is 2. The molecule has 0 radical (unpaired) electrons. The van der Waals surface area contributed by atoms with Crippen LogP contribution in [0.5, 0.6) is 17.2 Å². The van der Waals surface area contributed by atoms with Crippen molar-refractivity contribution in [2.45, 2.75) is 0 Å². The quantitative estimate of drug-likeness (QED) is 0.815. The molecule has 1 aliphatic rings. The van der Waals surface area contributed by atoms with E-state index < -0.39 is 11.6 Å². The Morgan fingerprint density at radius 1 is 0.727 bits per heavy atom. The molecular formula is C17H14O5. The van der Waals surface area contributed by atoms with Crippen LogP contribution in [-0.2, 0) is 0 Å². The van der Waals surface area contributed by atoms with Gasteiger partial charge in [-0.15, -0.1) is 0 Å². The Kier molecular flexibility index (Phi) is 3.33. The molecule has 0 spiro atoms. The fourth-order valence-corrected chi connectivity index (χ4v) is 2.75. The number of Topliss-reactive ketones (excluding diaryl/α,β-unsaturated/α-hetero) is 2. The Morgan fingerprint density at radius 2 is 1.32 bits per heavy atom. The van der Waals surface area contributed by atoms with Gasteiger partial charge in [0, 0.05) is 16.7 Å². The third kappa shape index (κ3) is 1.79. The largest absolute Gasteiger partial charge is 0.493 e. The van der Waals surface area contributed by atoms with Crippen LogP contribution in [0.2, 0.25) is 0 Å². The maximum atomic E-state index is 12.4. The summed E-state index contributed by atoms with van der Waals surface area (Å²) in [6.07, 6.45) is 0. The highest BCUT2D eigenvalue weighted by Crippen LogP contribution is 2.49. The topological polar surface area (TPSA) is 61.8 Å². The van der Waals surface area contributed by atoms with E-state index in [1.807, 2.05) is 6.07 Å². The second-order valence-electron chi connectivity index (χ2n) is 4.77. The minimum atomic E-state index is -0.576. The highest BCUT2D eigenvalue weighted by molar-refractivity contribution is 6.53. The zero-order valence-corrected chi connectivity index (χ0v) is 12.4. The molecule has 0 aliphatic heterocycles. The smallest absolute Gasteiger partial charge is 0.234 e. The van der Waals surface area contributed by atoms with Gasteiger partial charge in [0.1, 0.15) is 0 Å². The summed E-state index contributed by atoms with van der Waals surface area (Å²) in [5.74, 6) is 0.00908. The molecule has 0 bridgehead atoms. The predicted molar refractivity (Wildman–Crippen MR) is 80.2 cm³/mol. The lowest BCUT2D eigenvalue weighted by Gasteiger charge is -2.23. The summed E-state index contributed by atoms with van der Waals surface area (Å²) in [4.78, 5) is 24.7. The summed E-state index contributed by atoms with van der Waals surface area (Å²) in [5, 5.41) is 0. The number of fused-ring (bicyclic) bond motifs is 3. The summed E-state index contributed by atoms with van der Waals surface area (Å²) in [7, 11) is 4.45. The van der Waals surface area contributed by atoms with E-state index in [0.717, 1.165) is 0 Å². The van der Waals surface area contributed by atoms with E-state index in [1.165, 1.54) is 27.4 Å². The van der Waals surface area contributed by atoms with Crippen molar-refractivity contribution in [1.29, 1.82) is 0 Å². The average molecular weight is 298 g/mol. The van der Waals surface area contributed by atoms with Gasteiger partial charge in [-0.3, -0.25) is 9.59 Å². The van der Waals surface area contributed by atoms with E-state index in [4.69, 9.17) is 14.2 Å². The Labute approximate surface area is 127 Å². The molecule has 1 aliphatic carbocycles. The number of methoxy groups -OCH3 is 3. The van der Waals surface area contributed by atoms with E-state index >= 15 is 0 Å². The van der Waals surface area contributed by atoms with E-state index in [1.54, 1.807) is 18.2 Å². The van der Waals surface area contributed by atoms with Gasteiger partial charge in [-0.25, -0.2) is 0 Å². The first-order chi connectivity index (χ1) is 10.6. The molecule has 0 aromatic heterocycles. The first-order valence-corrected chi connectivity index (χ1v) is 6.65. The maximum absolute atomic E-state index is 12.4. The highest BCUT2D eigenvalue weighted by Gasteiger charge is 2.35. The van der Waals surface area contributed by atoms with Gasteiger partial charge in [0.2, 0.25) is 17.3 Å². The molecule has 0 N–H and O–H groups in total. The van der Waals surface area contributed by atoms with Crippen LogP contribution >= 0.6 is 0 Å². The van der Waals surface area contributed by atoms with Gasteiger partial charge in [-0.1, -0.05) is 24.3 Å². The number of hydrogen-bond acceptors (Lipinski definition) is 5. The minimum absolute atomic E-state index is 0.262. The molecule has 2 aromatic carbocycles. The molecule has 3 rings (SSSR count). The first-order valence-electron chi connectivity index (χ1n) is 6.65. The van der Waals surface area contributed by atoms with Gasteiger partial charge in [0.15, 0.2) is 11.5 Å². The average Bonchev–Trinajstić information content (AvgIpc) is 2.57. The van der Waals surface area contributed by atoms with Crippen LogP contribution in [0.4, 0.5) is 0 Å². The van der Waals surface area contributed by atoms with Crippen LogP contribution in [0.3, 0.4) is 0 Å². The molecule has 5 heteroatoms. The SMILES string of the molecule is COc1cc2c(c(OC)c1OC)-c1ccccc1C(=O)C2=O. The van der Waals surface area contributed by atoms with E-state index in [-0.39, 0.29) is 5.56 Å². The summed E-state index contributed by atoms with van der Waals surface area (Å²) in [5.41, 5.74) is 1.84. The lowest BCUT2D eigenvalue weighted by molar-refractivity contribution is 0.0815. The van der Waals surface area contributed by atoms with Crippen molar-refractivity contribution in [3.63, 3.8) is 0 Å². The van der Waals surface area contributed by atoms with Crippen LogP contribution in [0.1, 0.15) is 20.7 Å². The van der Waals surface area contributed by atoms with E-state index in [9.17, 15) is 9.59 Å². The molecule has 2 aromatic rings. The number of ketones is 2. The van der Waals surface area contributed by atoms with Crippen molar-refractivity contribution in [1.82, 2.24) is 0 Å². The second kappa shape index (κ2) is 5.18. The Hall–Kier alpha value is -2.82. The number of hydrogen-bond donors (Lipinski definition) is 0. The van der Waals surface area contributed by atoms with Crippen LogP contribution in [0, 0.1) is 0 Å². The van der Waals surface area contributed by atoms with Crippen molar-refractivity contribution in [3.8, 4) is 28.4 Å². The monoisotopic (exact) mass is 298 g/mol. The van der Waals surface area contributed by atoms with Gasteiger partial charge >= 0.3 is 0 Å². The highest BCUT2D eigenvalue weighted by atomic mass is 16.5. The number of rotatable bonds is 3. The molecular weight excluding hydrogens is 284 g/mol. The van der Waals surface area contributed by atoms with E-state index in [2.05, 4.69) is 0 Å². The summed E-state index contributed by atoms with van der Waals surface area (Å²) in [6.45, 7) is 0. The minimum Gasteiger partial charge on any atom is -0.493 e. The first kappa shape index (κ1) is 14.1. The van der Waals surface area contributed by atoms with Crippen LogP contribution in [0.25, 0.3) is 11.1 Å². The van der Waals surface area contributed by atoms with Crippen molar-refractivity contribution in [3.05, 3.63) is 41.5 Å². The summed E-state index contributed by atoms with van der Waals surface area (Å²) >= 11 is 0. The molecule has 22 heavy (non-hydrogen) atoms. The fraction of sp³-hybridized carbons (Fsp3) is 0.176. The lowest BCUT2D eigenvalue weighted by atomic mass is 9.83. The van der Waals surface area contributed by atoms with Gasteiger partial charge < -0.3 is 14.2 Å². The lowest BCUT2D eigenvalue weighted by Crippen LogP contribution is -2.22.